The number of ether oxygens (including phenoxy) is 1. The van der Waals surface area contributed by atoms with Gasteiger partial charge in [-0.3, -0.25) is 9.69 Å². The van der Waals surface area contributed by atoms with Crippen LogP contribution < -0.4 is 16.4 Å². The molecule has 1 spiro atoms. The quantitative estimate of drug-likeness (QED) is 0.503. The van der Waals surface area contributed by atoms with Crippen molar-refractivity contribution < 1.29 is 13.9 Å². The number of aromatic nitrogens is 3. The predicted octanol–water partition coefficient (Wildman–Crippen LogP) is 2.83. The molecule has 3 saturated heterocycles. The van der Waals surface area contributed by atoms with E-state index in [4.69, 9.17) is 10.5 Å². The summed E-state index contributed by atoms with van der Waals surface area (Å²) in [5.74, 6) is -0.760. The van der Waals surface area contributed by atoms with E-state index < -0.39 is 5.82 Å². The number of carbonyl (C=O) groups excluding carboxylic acids is 1. The molecule has 4 N–H and O–H groups in total. The largest absolute Gasteiger partial charge is 0.381 e. The molecule has 11 heteroatoms. The lowest BCUT2D eigenvalue weighted by Crippen LogP contribution is -2.69. The van der Waals surface area contributed by atoms with Crippen molar-refractivity contribution in [3.8, 4) is 0 Å². The highest BCUT2D eigenvalue weighted by Gasteiger charge is 2.49. The fourth-order valence-corrected chi connectivity index (χ4v) is 8.11. The first-order valence-electron chi connectivity index (χ1n) is 15.8. The molecule has 2 aromatic rings. The standard InChI is InChI=1S/C30H47FN8O2/c1-37-13-8-23(19-37)41-22-9-14-38(15-10-22)26-24(17-33-20-30(26)11-6-4-2-3-5-7-12-30)35-29(40)25-27(32)36-39-18-21(31)16-34-28(25)39/h16,18,22-24,26,33H,2-15,17,19-20H2,1H3,(H2,32,36)(H,35,40)/t23-,24?,26?/m1/s1. The van der Waals surface area contributed by atoms with Crippen LogP contribution in [0.2, 0.25) is 0 Å². The molecule has 41 heavy (non-hydrogen) atoms. The molecule has 10 nitrogen and oxygen atoms in total. The first-order chi connectivity index (χ1) is 19.9. The average Bonchev–Trinajstić information content (AvgIpc) is 3.54. The SMILES string of the molecule is CN1CC[C@@H](OC2CCN(C3C(NC(=O)c4c(N)nn5cc(F)cnc45)CNCC34CCCCCCCC4)CC2)C1. The number of hydrogen-bond acceptors (Lipinski definition) is 8. The summed E-state index contributed by atoms with van der Waals surface area (Å²) in [5, 5.41) is 11.2. The lowest BCUT2D eigenvalue weighted by Gasteiger charge is -2.55. The summed E-state index contributed by atoms with van der Waals surface area (Å²) in [5.41, 5.74) is 6.75. The number of likely N-dealkylation sites (tertiary alicyclic amines) is 2. The Morgan fingerprint density at radius 1 is 1.10 bits per heavy atom. The Hall–Kier alpha value is -2.34. The molecule has 1 aliphatic carbocycles. The molecule has 2 unspecified atom stereocenters. The van der Waals surface area contributed by atoms with E-state index in [0.29, 0.717) is 18.8 Å². The highest BCUT2D eigenvalue weighted by molar-refractivity contribution is 6.04. The smallest absolute Gasteiger partial charge is 0.259 e. The van der Waals surface area contributed by atoms with Gasteiger partial charge in [0.25, 0.3) is 5.91 Å². The monoisotopic (exact) mass is 570 g/mol. The van der Waals surface area contributed by atoms with Crippen LogP contribution in [0, 0.1) is 11.2 Å². The van der Waals surface area contributed by atoms with Crippen LogP contribution in [-0.2, 0) is 4.74 Å². The number of amides is 1. The molecule has 0 radical (unpaired) electrons. The van der Waals surface area contributed by atoms with Gasteiger partial charge in [0.05, 0.1) is 30.6 Å². The Labute approximate surface area is 242 Å². The van der Waals surface area contributed by atoms with E-state index in [2.05, 4.69) is 37.6 Å². The van der Waals surface area contributed by atoms with E-state index in [0.717, 1.165) is 58.2 Å². The Kier molecular flexibility index (Phi) is 8.76. The zero-order chi connectivity index (χ0) is 28.4. The van der Waals surface area contributed by atoms with E-state index in [1.54, 1.807) is 0 Å². The number of nitrogen functional groups attached to an aromatic ring is 1. The van der Waals surface area contributed by atoms with Crippen LogP contribution in [0.4, 0.5) is 10.2 Å². The third-order valence-corrected chi connectivity index (χ3v) is 10.1. The van der Waals surface area contributed by atoms with Gasteiger partial charge < -0.3 is 26.0 Å². The second-order valence-electron chi connectivity index (χ2n) is 13.0. The van der Waals surface area contributed by atoms with Crippen molar-refractivity contribution in [2.24, 2.45) is 5.41 Å². The maximum Gasteiger partial charge on any atom is 0.259 e. The minimum atomic E-state index is -0.530. The van der Waals surface area contributed by atoms with Crippen molar-refractivity contribution in [2.75, 3.05) is 52.0 Å². The van der Waals surface area contributed by atoms with Crippen LogP contribution in [0.15, 0.2) is 12.4 Å². The van der Waals surface area contributed by atoms with Crippen molar-refractivity contribution in [3.05, 3.63) is 23.8 Å². The Bertz CT molecular complexity index is 1190. The third kappa shape index (κ3) is 6.23. The predicted molar refractivity (Wildman–Crippen MR) is 156 cm³/mol. The van der Waals surface area contributed by atoms with Gasteiger partial charge in [-0.05, 0) is 39.2 Å². The van der Waals surface area contributed by atoms with E-state index >= 15 is 0 Å². The average molecular weight is 571 g/mol. The molecule has 4 fully saturated rings. The molecule has 1 saturated carbocycles. The van der Waals surface area contributed by atoms with Crippen molar-refractivity contribution >= 4 is 17.4 Å². The summed E-state index contributed by atoms with van der Waals surface area (Å²) >= 11 is 0. The summed E-state index contributed by atoms with van der Waals surface area (Å²) in [7, 11) is 2.17. The van der Waals surface area contributed by atoms with Gasteiger partial charge >= 0.3 is 0 Å². The fourth-order valence-electron chi connectivity index (χ4n) is 8.11. The van der Waals surface area contributed by atoms with E-state index in [1.807, 2.05) is 0 Å². The maximum absolute atomic E-state index is 13.8. The first-order valence-corrected chi connectivity index (χ1v) is 15.8. The molecule has 226 valence electrons. The summed E-state index contributed by atoms with van der Waals surface area (Å²) in [6, 6.07) is 0.130. The van der Waals surface area contributed by atoms with Crippen molar-refractivity contribution in [1.29, 1.82) is 0 Å². The van der Waals surface area contributed by atoms with Crippen molar-refractivity contribution in [2.45, 2.75) is 94.9 Å². The highest BCUT2D eigenvalue weighted by Crippen LogP contribution is 2.43. The van der Waals surface area contributed by atoms with Crippen LogP contribution in [0.25, 0.3) is 5.65 Å². The number of fused-ring (bicyclic) bond motifs is 1. The molecule has 3 aliphatic heterocycles. The highest BCUT2D eigenvalue weighted by atomic mass is 19.1. The zero-order valence-electron chi connectivity index (χ0n) is 24.5. The summed E-state index contributed by atoms with van der Waals surface area (Å²) in [6.07, 6.45) is 16.1. The van der Waals surface area contributed by atoms with Crippen molar-refractivity contribution in [1.82, 2.24) is 35.0 Å². The number of rotatable bonds is 5. The first kappa shape index (κ1) is 28.8. The zero-order valence-corrected chi connectivity index (χ0v) is 24.5. The second-order valence-corrected chi connectivity index (χ2v) is 13.0. The molecule has 0 bridgehead atoms. The second kappa shape index (κ2) is 12.5. The van der Waals surface area contributed by atoms with Gasteiger partial charge in [0.15, 0.2) is 17.3 Å². The Morgan fingerprint density at radius 2 is 1.80 bits per heavy atom. The number of nitrogens with two attached hydrogens (primary N) is 1. The van der Waals surface area contributed by atoms with Gasteiger partial charge in [-0.1, -0.05) is 38.5 Å². The van der Waals surface area contributed by atoms with Gasteiger partial charge in [0, 0.05) is 50.7 Å². The molecule has 4 aliphatic rings. The minimum Gasteiger partial charge on any atom is -0.381 e. The number of halogens is 1. The molecular formula is C30H47FN8O2. The molecule has 2 aromatic heterocycles. The molecular weight excluding hydrogens is 523 g/mol. The van der Waals surface area contributed by atoms with Crippen molar-refractivity contribution in [3.63, 3.8) is 0 Å². The van der Waals surface area contributed by atoms with Gasteiger partial charge in [-0.2, -0.15) is 0 Å². The molecule has 6 rings (SSSR count). The van der Waals surface area contributed by atoms with Crippen LogP contribution >= 0.6 is 0 Å². The lowest BCUT2D eigenvalue weighted by molar-refractivity contribution is -0.0680. The number of nitrogens with zero attached hydrogens (tertiary/aromatic N) is 5. The molecule has 0 aromatic carbocycles. The van der Waals surface area contributed by atoms with Crippen LogP contribution in [0.1, 0.15) is 81.0 Å². The number of carbonyl (C=O) groups is 1. The summed E-state index contributed by atoms with van der Waals surface area (Å²) in [6.45, 7) is 5.78. The van der Waals surface area contributed by atoms with Crippen LogP contribution in [-0.4, -0.2) is 101 Å². The maximum atomic E-state index is 13.8. The normalized spacial score (nSPS) is 28.9. The lowest BCUT2D eigenvalue weighted by atomic mass is 9.67. The number of anilines is 1. The number of piperidine rings is 2. The van der Waals surface area contributed by atoms with Crippen LogP contribution in [0.5, 0.6) is 0 Å². The minimum absolute atomic E-state index is 0.0635. The molecule has 5 heterocycles. The molecule has 3 atom stereocenters. The van der Waals surface area contributed by atoms with E-state index in [-0.39, 0.29) is 40.4 Å². The van der Waals surface area contributed by atoms with E-state index in [9.17, 15) is 9.18 Å². The number of hydrogen-bond donors (Lipinski definition) is 3. The number of nitrogens with one attached hydrogen (secondary N) is 2. The van der Waals surface area contributed by atoms with E-state index in [1.165, 1.54) is 62.1 Å². The Balaban J connectivity index is 1.23. The summed E-state index contributed by atoms with van der Waals surface area (Å²) in [4.78, 5) is 22.9. The Morgan fingerprint density at radius 3 is 2.51 bits per heavy atom. The van der Waals surface area contributed by atoms with Gasteiger partial charge in [-0.25, -0.2) is 13.9 Å². The topological polar surface area (TPSA) is 113 Å². The summed E-state index contributed by atoms with van der Waals surface area (Å²) < 4.78 is 21.6. The van der Waals surface area contributed by atoms with Gasteiger partial charge in [-0.15, -0.1) is 5.10 Å². The van der Waals surface area contributed by atoms with Crippen LogP contribution in [0.3, 0.4) is 0 Å². The van der Waals surface area contributed by atoms with Gasteiger partial charge in [0.2, 0.25) is 0 Å². The molecule has 1 amide bonds. The van der Waals surface area contributed by atoms with Gasteiger partial charge in [0.1, 0.15) is 5.56 Å². The third-order valence-electron chi connectivity index (χ3n) is 10.1. The number of likely N-dealkylation sites (N-methyl/N-ethyl adjacent to an activating group) is 1. The fraction of sp³-hybridized carbons (Fsp3) is 0.767.